The number of rotatable bonds is 5. The van der Waals surface area contributed by atoms with Crippen molar-refractivity contribution in [2.24, 2.45) is 0 Å². The molecule has 2 N–H and O–H groups in total. The van der Waals surface area contributed by atoms with E-state index in [9.17, 15) is 15.2 Å². The Morgan fingerprint density at radius 1 is 1.29 bits per heavy atom. The summed E-state index contributed by atoms with van der Waals surface area (Å²) in [6.45, 7) is 2.03. The third-order valence-corrected chi connectivity index (χ3v) is 3.70. The molecule has 0 amide bonds. The molecule has 2 aromatic rings. The van der Waals surface area contributed by atoms with E-state index in [0.717, 1.165) is 17.7 Å². The molecule has 2 rings (SSSR count). The highest BCUT2D eigenvalue weighted by atomic mass is 79.9. The van der Waals surface area contributed by atoms with Crippen molar-refractivity contribution in [1.82, 2.24) is 0 Å². The van der Waals surface area contributed by atoms with Crippen LogP contribution < -0.4 is 5.32 Å². The van der Waals surface area contributed by atoms with Gasteiger partial charge in [0.25, 0.3) is 5.69 Å². The average molecular weight is 351 g/mol. The molecule has 0 aromatic heterocycles. The quantitative estimate of drug-likeness (QED) is 0.628. The molecule has 0 aliphatic carbocycles. The SMILES string of the molecule is CC(Cc1ccc(O)cc1)Nc1ccc([N+](=O)[O-])cc1Br. The highest BCUT2D eigenvalue weighted by Crippen LogP contribution is 2.28. The highest BCUT2D eigenvalue weighted by molar-refractivity contribution is 9.10. The molecule has 0 aliphatic rings. The van der Waals surface area contributed by atoms with Crippen LogP contribution in [0.1, 0.15) is 12.5 Å². The van der Waals surface area contributed by atoms with E-state index in [1.807, 2.05) is 19.1 Å². The van der Waals surface area contributed by atoms with Crippen LogP contribution in [0.25, 0.3) is 0 Å². The monoisotopic (exact) mass is 350 g/mol. The first-order valence-corrected chi connectivity index (χ1v) is 7.23. The first-order valence-electron chi connectivity index (χ1n) is 6.44. The largest absolute Gasteiger partial charge is 0.508 e. The van der Waals surface area contributed by atoms with Crippen LogP contribution >= 0.6 is 15.9 Å². The predicted octanol–water partition coefficient (Wildman–Crippen LogP) is 4.11. The Morgan fingerprint density at radius 3 is 2.52 bits per heavy atom. The molecule has 110 valence electrons. The Morgan fingerprint density at radius 2 is 1.95 bits per heavy atom. The zero-order chi connectivity index (χ0) is 15.4. The molecule has 1 unspecified atom stereocenters. The zero-order valence-corrected chi connectivity index (χ0v) is 13.0. The van der Waals surface area contributed by atoms with E-state index in [1.165, 1.54) is 12.1 Å². The number of anilines is 1. The van der Waals surface area contributed by atoms with Crippen LogP contribution in [-0.2, 0) is 6.42 Å². The van der Waals surface area contributed by atoms with Crippen LogP contribution in [0, 0.1) is 10.1 Å². The second-order valence-corrected chi connectivity index (χ2v) is 5.69. The first kappa shape index (κ1) is 15.3. The van der Waals surface area contributed by atoms with E-state index in [0.29, 0.717) is 4.47 Å². The third-order valence-electron chi connectivity index (χ3n) is 3.04. The van der Waals surface area contributed by atoms with Crippen molar-refractivity contribution in [3.05, 3.63) is 62.6 Å². The number of benzene rings is 2. The van der Waals surface area contributed by atoms with Crippen LogP contribution in [0.3, 0.4) is 0 Å². The van der Waals surface area contributed by atoms with Crippen LogP contribution in [0.5, 0.6) is 5.75 Å². The zero-order valence-electron chi connectivity index (χ0n) is 11.4. The van der Waals surface area contributed by atoms with E-state index in [2.05, 4.69) is 21.2 Å². The normalized spacial score (nSPS) is 11.9. The fraction of sp³-hybridized carbons (Fsp3) is 0.200. The van der Waals surface area contributed by atoms with E-state index in [4.69, 9.17) is 0 Å². The number of non-ortho nitro benzene ring substituents is 1. The van der Waals surface area contributed by atoms with E-state index >= 15 is 0 Å². The first-order chi connectivity index (χ1) is 9.95. The fourth-order valence-corrected chi connectivity index (χ4v) is 2.52. The van der Waals surface area contributed by atoms with E-state index in [-0.39, 0.29) is 17.5 Å². The summed E-state index contributed by atoms with van der Waals surface area (Å²) in [6.07, 6.45) is 0.781. The molecule has 1 atom stereocenters. The van der Waals surface area contributed by atoms with Gasteiger partial charge in [-0.3, -0.25) is 10.1 Å². The lowest BCUT2D eigenvalue weighted by Crippen LogP contribution is -2.18. The lowest BCUT2D eigenvalue weighted by Gasteiger charge is -2.16. The van der Waals surface area contributed by atoms with Gasteiger partial charge in [-0.25, -0.2) is 0 Å². The molecule has 21 heavy (non-hydrogen) atoms. The molecular weight excluding hydrogens is 336 g/mol. The molecule has 0 fully saturated rings. The van der Waals surface area contributed by atoms with Crippen LogP contribution in [-0.4, -0.2) is 16.1 Å². The van der Waals surface area contributed by atoms with Gasteiger partial charge >= 0.3 is 0 Å². The van der Waals surface area contributed by atoms with Gasteiger partial charge in [0.05, 0.1) is 4.92 Å². The summed E-state index contributed by atoms with van der Waals surface area (Å²) in [6, 6.07) is 11.9. The molecule has 2 aromatic carbocycles. The molecule has 0 aliphatic heterocycles. The maximum Gasteiger partial charge on any atom is 0.270 e. The number of phenols is 1. The van der Waals surface area contributed by atoms with Gasteiger partial charge in [0.15, 0.2) is 0 Å². The van der Waals surface area contributed by atoms with E-state index < -0.39 is 4.92 Å². The Labute approximate surface area is 130 Å². The lowest BCUT2D eigenvalue weighted by molar-refractivity contribution is -0.384. The van der Waals surface area contributed by atoms with Crippen molar-refractivity contribution in [3.63, 3.8) is 0 Å². The number of nitro groups is 1. The fourth-order valence-electron chi connectivity index (χ4n) is 2.04. The van der Waals surface area contributed by atoms with E-state index in [1.54, 1.807) is 18.2 Å². The summed E-state index contributed by atoms with van der Waals surface area (Å²) in [7, 11) is 0. The third kappa shape index (κ3) is 4.19. The summed E-state index contributed by atoms with van der Waals surface area (Å²) in [4.78, 5) is 10.3. The van der Waals surface area contributed by atoms with Crippen LogP contribution in [0.4, 0.5) is 11.4 Å². The van der Waals surface area contributed by atoms with Crippen molar-refractivity contribution < 1.29 is 10.0 Å². The number of aromatic hydroxyl groups is 1. The van der Waals surface area contributed by atoms with Crippen molar-refractivity contribution in [3.8, 4) is 5.75 Å². The molecular formula is C15H15BrN2O3. The minimum Gasteiger partial charge on any atom is -0.508 e. The number of phenolic OH excluding ortho intramolecular Hbond substituents is 1. The summed E-state index contributed by atoms with van der Waals surface area (Å²) >= 11 is 3.34. The molecule has 0 saturated carbocycles. The molecule has 0 bridgehead atoms. The molecule has 0 heterocycles. The Kier molecular flexibility index (Phi) is 4.80. The second kappa shape index (κ2) is 6.58. The van der Waals surface area contributed by atoms with Crippen LogP contribution in [0.15, 0.2) is 46.9 Å². The molecule has 0 saturated heterocycles. The number of nitro benzene ring substituents is 1. The molecule has 6 heteroatoms. The minimum atomic E-state index is -0.422. The van der Waals surface area contributed by atoms with Crippen molar-refractivity contribution >= 4 is 27.3 Å². The van der Waals surface area contributed by atoms with Gasteiger partial charge in [0.1, 0.15) is 5.75 Å². The van der Waals surface area contributed by atoms with Crippen molar-refractivity contribution in [2.75, 3.05) is 5.32 Å². The highest BCUT2D eigenvalue weighted by Gasteiger charge is 2.11. The Hall–Kier alpha value is -2.08. The second-order valence-electron chi connectivity index (χ2n) is 4.84. The smallest absolute Gasteiger partial charge is 0.270 e. The summed E-state index contributed by atoms with van der Waals surface area (Å²) in [5, 5.41) is 23.3. The van der Waals surface area contributed by atoms with Gasteiger partial charge in [0.2, 0.25) is 0 Å². The standard InChI is InChI=1S/C15H15BrN2O3/c1-10(8-11-2-5-13(19)6-3-11)17-15-7-4-12(18(20)21)9-14(15)16/h2-7,9-10,17,19H,8H2,1H3. The van der Waals surface area contributed by atoms with Gasteiger partial charge in [-0.15, -0.1) is 0 Å². The minimum absolute atomic E-state index is 0.0543. The number of halogens is 1. The van der Waals surface area contributed by atoms with Gasteiger partial charge in [-0.1, -0.05) is 12.1 Å². The predicted molar refractivity (Wildman–Crippen MR) is 85.7 cm³/mol. The maximum absolute atomic E-state index is 10.7. The number of nitrogens with one attached hydrogen (secondary N) is 1. The molecule has 5 nitrogen and oxygen atoms in total. The van der Waals surface area contributed by atoms with Gasteiger partial charge in [-0.2, -0.15) is 0 Å². The van der Waals surface area contributed by atoms with Gasteiger partial charge in [-0.05, 0) is 53.0 Å². The lowest BCUT2D eigenvalue weighted by atomic mass is 10.1. The number of hydrogen-bond donors (Lipinski definition) is 2. The maximum atomic E-state index is 10.7. The van der Waals surface area contributed by atoms with Crippen molar-refractivity contribution in [2.45, 2.75) is 19.4 Å². The van der Waals surface area contributed by atoms with Gasteiger partial charge in [0, 0.05) is 28.3 Å². The topological polar surface area (TPSA) is 75.4 Å². The van der Waals surface area contributed by atoms with Crippen molar-refractivity contribution in [1.29, 1.82) is 0 Å². The number of hydrogen-bond acceptors (Lipinski definition) is 4. The average Bonchev–Trinajstić information content (AvgIpc) is 2.43. The number of nitrogens with zero attached hydrogens (tertiary/aromatic N) is 1. The Balaban J connectivity index is 2.04. The summed E-state index contributed by atoms with van der Waals surface area (Å²) in [5.41, 5.74) is 1.97. The van der Waals surface area contributed by atoms with Crippen LogP contribution in [0.2, 0.25) is 0 Å². The molecule has 0 spiro atoms. The summed E-state index contributed by atoms with van der Waals surface area (Å²) < 4.78 is 0.661. The summed E-state index contributed by atoms with van der Waals surface area (Å²) in [5.74, 6) is 0.248. The van der Waals surface area contributed by atoms with Gasteiger partial charge < -0.3 is 10.4 Å². The molecule has 0 radical (unpaired) electrons. The Bertz CT molecular complexity index is 644.